The minimum Gasteiger partial charge on any atom is -0.550 e. The van der Waals surface area contributed by atoms with Crippen molar-refractivity contribution in [1.82, 2.24) is 0 Å². The molecule has 0 spiro atoms. The van der Waals surface area contributed by atoms with Gasteiger partial charge < -0.3 is 19.8 Å². The van der Waals surface area contributed by atoms with Gasteiger partial charge in [0.05, 0.1) is 0 Å². The molecule has 0 aliphatic heterocycles. The summed E-state index contributed by atoms with van der Waals surface area (Å²) in [6.07, 6.45) is 6.21. The molecule has 0 fully saturated rings. The minimum absolute atomic E-state index is 0. The normalized spacial score (nSPS) is 9.81. The van der Waals surface area contributed by atoms with E-state index in [9.17, 15) is 19.8 Å². The van der Waals surface area contributed by atoms with Gasteiger partial charge in [0.2, 0.25) is 0 Å². The van der Waals surface area contributed by atoms with Crippen LogP contribution in [-0.4, -0.2) is 11.9 Å². The Kier molecular flexibility index (Phi) is 21.4. The first-order chi connectivity index (χ1) is 9.25. The van der Waals surface area contributed by atoms with Gasteiger partial charge >= 0.3 is 19.5 Å². The number of hydrogen-bond acceptors (Lipinski definition) is 4. The van der Waals surface area contributed by atoms with Gasteiger partial charge in [0, 0.05) is 11.9 Å². The van der Waals surface area contributed by atoms with Crippen LogP contribution in [0.25, 0.3) is 0 Å². The molecule has 0 aromatic rings. The first-order valence-electron chi connectivity index (χ1n) is 7.65. The molecule has 5 heteroatoms. The van der Waals surface area contributed by atoms with E-state index >= 15 is 0 Å². The number of hydrogen-bond donors (Lipinski definition) is 0. The summed E-state index contributed by atoms with van der Waals surface area (Å²) in [5.74, 6) is -0.490. The van der Waals surface area contributed by atoms with Crippen LogP contribution in [-0.2, 0) is 29.1 Å². The number of carboxylic acids is 2. The predicted molar refractivity (Wildman–Crippen MR) is 76.6 cm³/mol. The smallest absolute Gasteiger partial charge is 0.550 e. The second-order valence-corrected chi connectivity index (χ2v) is 6.02. The average molecular weight is 352 g/mol. The SMILES string of the molecule is CC(C)CCCCC(=O)[O-].CC(C)CCCCC(=O)[O-].[Zn+2]. The molecule has 0 atom stereocenters. The predicted octanol–water partition coefficient (Wildman–Crippen LogP) is 1.90. The average Bonchev–Trinajstić information content (AvgIpc) is 2.30. The zero-order valence-corrected chi connectivity index (χ0v) is 17.1. The van der Waals surface area contributed by atoms with Crippen molar-refractivity contribution >= 4 is 11.9 Å². The zero-order chi connectivity index (χ0) is 16.0. The van der Waals surface area contributed by atoms with Crippen molar-refractivity contribution in [3.8, 4) is 0 Å². The summed E-state index contributed by atoms with van der Waals surface area (Å²) < 4.78 is 0. The van der Waals surface area contributed by atoms with E-state index in [1.807, 2.05) is 0 Å². The summed E-state index contributed by atoms with van der Waals surface area (Å²) in [7, 11) is 0. The molecule has 4 nitrogen and oxygen atoms in total. The standard InChI is InChI=1S/2C8H16O2.Zn/c2*1-7(2)5-3-4-6-8(9)10;/h2*7H,3-6H2,1-2H3,(H,9,10);/q;;+2/p-2. The molecule has 0 unspecified atom stereocenters. The van der Waals surface area contributed by atoms with E-state index in [-0.39, 0.29) is 32.3 Å². The Morgan fingerprint density at radius 2 is 1.00 bits per heavy atom. The third-order valence-corrected chi connectivity index (χ3v) is 2.82. The molecule has 0 saturated carbocycles. The monoisotopic (exact) mass is 350 g/mol. The second kappa shape index (κ2) is 17.6. The van der Waals surface area contributed by atoms with Crippen LogP contribution in [0.2, 0.25) is 0 Å². The molecule has 0 aromatic heterocycles. The molecule has 0 aliphatic rings. The molecule has 0 bridgehead atoms. The number of aliphatic carboxylic acids is 2. The fraction of sp³-hybridized carbons (Fsp3) is 0.875. The molecular weight excluding hydrogens is 322 g/mol. The number of carboxylic acid groups (broad SMARTS) is 2. The van der Waals surface area contributed by atoms with Crippen LogP contribution in [0.1, 0.15) is 79.1 Å². The molecule has 0 N–H and O–H groups in total. The van der Waals surface area contributed by atoms with E-state index in [2.05, 4.69) is 27.7 Å². The largest absolute Gasteiger partial charge is 2.00 e. The Morgan fingerprint density at radius 3 is 1.19 bits per heavy atom. The van der Waals surface area contributed by atoms with Gasteiger partial charge in [-0.15, -0.1) is 0 Å². The van der Waals surface area contributed by atoms with E-state index in [1.165, 1.54) is 0 Å². The maximum Gasteiger partial charge on any atom is 2.00 e. The van der Waals surface area contributed by atoms with Crippen molar-refractivity contribution in [2.75, 3.05) is 0 Å². The Balaban J connectivity index is -0.000000295. The maximum absolute atomic E-state index is 9.93. The van der Waals surface area contributed by atoms with Gasteiger partial charge in [-0.05, 0) is 37.5 Å². The Hall–Kier alpha value is -0.437. The van der Waals surface area contributed by atoms with Crippen molar-refractivity contribution in [3.63, 3.8) is 0 Å². The van der Waals surface area contributed by atoms with Crippen LogP contribution >= 0.6 is 0 Å². The van der Waals surface area contributed by atoms with Gasteiger partial charge in [0.1, 0.15) is 0 Å². The van der Waals surface area contributed by atoms with Crippen molar-refractivity contribution < 1.29 is 39.3 Å². The van der Waals surface area contributed by atoms with Gasteiger partial charge in [0.15, 0.2) is 0 Å². The third-order valence-electron chi connectivity index (χ3n) is 2.82. The number of unbranched alkanes of at least 4 members (excludes halogenated alkanes) is 2. The van der Waals surface area contributed by atoms with Crippen molar-refractivity contribution in [1.29, 1.82) is 0 Å². The summed E-state index contributed by atoms with van der Waals surface area (Å²) in [6, 6.07) is 0. The first-order valence-corrected chi connectivity index (χ1v) is 7.65. The van der Waals surface area contributed by atoms with E-state index < -0.39 is 11.9 Å². The van der Waals surface area contributed by atoms with Crippen LogP contribution in [0.5, 0.6) is 0 Å². The zero-order valence-electron chi connectivity index (χ0n) is 14.2. The Morgan fingerprint density at radius 1 is 0.714 bits per heavy atom. The number of carbonyl (C=O) groups excluding carboxylic acids is 2. The molecule has 0 heterocycles. The summed E-state index contributed by atoms with van der Waals surface area (Å²) in [5, 5.41) is 19.9. The quantitative estimate of drug-likeness (QED) is 0.444. The fourth-order valence-electron chi connectivity index (χ4n) is 1.64. The minimum atomic E-state index is -0.927. The molecule has 0 aliphatic carbocycles. The Labute approximate surface area is 142 Å². The molecular formula is C16H30O4Zn. The van der Waals surface area contributed by atoms with Crippen LogP contribution in [0.3, 0.4) is 0 Å². The second-order valence-electron chi connectivity index (χ2n) is 6.02. The molecule has 0 aromatic carbocycles. The van der Waals surface area contributed by atoms with Gasteiger partial charge in [-0.25, -0.2) is 0 Å². The van der Waals surface area contributed by atoms with Crippen molar-refractivity contribution in [2.45, 2.75) is 79.1 Å². The molecule has 0 saturated heterocycles. The summed E-state index contributed by atoms with van der Waals surface area (Å²) in [6.45, 7) is 8.55. The third kappa shape index (κ3) is 32.8. The molecule has 120 valence electrons. The molecule has 0 radical (unpaired) electrons. The number of carbonyl (C=O) groups is 2. The van der Waals surface area contributed by atoms with Gasteiger partial charge in [0.25, 0.3) is 0 Å². The summed E-state index contributed by atoms with van der Waals surface area (Å²) >= 11 is 0. The molecule has 21 heavy (non-hydrogen) atoms. The maximum atomic E-state index is 9.93. The van der Waals surface area contributed by atoms with E-state index in [4.69, 9.17) is 0 Å². The summed E-state index contributed by atoms with van der Waals surface area (Å²) in [4.78, 5) is 19.9. The van der Waals surface area contributed by atoms with Crippen LogP contribution < -0.4 is 10.2 Å². The molecule has 0 rings (SSSR count). The van der Waals surface area contributed by atoms with E-state index in [1.54, 1.807) is 0 Å². The first kappa shape index (κ1) is 25.5. The fourth-order valence-corrected chi connectivity index (χ4v) is 1.64. The van der Waals surface area contributed by atoms with Crippen LogP contribution in [0.4, 0.5) is 0 Å². The Bertz CT molecular complexity index is 227. The van der Waals surface area contributed by atoms with Crippen molar-refractivity contribution in [2.24, 2.45) is 11.8 Å². The van der Waals surface area contributed by atoms with Gasteiger partial charge in [-0.2, -0.15) is 0 Å². The van der Waals surface area contributed by atoms with Gasteiger partial charge in [-0.1, -0.05) is 53.4 Å². The topological polar surface area (TPSA) is 80.3 Å². The molecule has 0 amide bonds. The number of rotatable bonds is 10. The van der Waals surface area contributed by atoms with Crippen LogP contribution in [0, 0.1) is 11.8 Å². The van der Waals surface area contributed by atoms with E-state index in [0.717, 1.165) is 38.5 Å². The van der Waals surface area contributed by atoms with E-state index in [0.29, 0.717) is 11.8 Å². The van der Waals surface area contributed by atoms with Gasteiger partial charge in [-0.3, -0.25) is 0 Å². The van der Waals surface area contributed by atoms with Crippen LogP contribution in [0.15, 0.2) is 0 Å². The van der Waals surface area contributed by atoms with Crippen molar-refractivity contribution in [3.05, 3.63) is 0 Å². The summed E-state index contributed by atoms with van der Waals surface area (Å²) in [5.41, 5.74) is 0.